The topological polar surface area (TPSA) is 127 Å². The van der Waals surface area contributed by atoms with Gasteiger partial charge in [-0.05, 0) is 35.7 Å². The molecule has 2 atom stereocenters. The van der Waals surface area contributed by atoms with Crippen molar-refractivity contribution in [3.8, 4) is 11.4 Å². The Morgan fingerprint density at radius 2 is 1.86 bits per heavy atom. The minimum atomic E-state index is -0.570. The molecular formula is C30H35ClN6O5. The maximum atomic E-state index is 13.1. The van der Waals surface area contributed by atoms with Crippen molar-refractivity contribution in [2.45, 2.75) is 45.4 Å². The van der Waals surface area contributed by atoms with Crippen molar-refractivity contribution >= 4 is 29.5 Å². The molecule has 1 aromatic carbocycles. The molecule has 0 saturated carbocycles. The van der Waals surface area contributed by atoms with Crippen molar-refractivity contribution in [3.63, 3.8) is 0 Å². The van der Waals surface area contributed by atoms with E-state index in [1.807, 2.05) is 37.3 Å². The number of carbonyl (C=O) groups excluding carboxylic acids is 3. The maximum Gasteiger partial charge on any atom is 0.409 e. The van der Waals surface area contributed by atoms with Crippen molar-refractivity contribution < 1.29 is 23.9 Å². The highest BCUT2D eigenvalue weighted by molar-refractivity contribution is 6.29. The lowest BCUT2D eigenvalue weighted by Gasteiger charge is -2.46. The third-order valence-corrected chi connectivity index (χ3v) is 7.10. The van der Waals surface area contributed by atoms with Gasteiger partial charge in [0.2, 0.25) is 5.91 Å². The minimum absolute atomic E-state index is 0.172. The highest BCUT2D eigenvalue weighted by Gasteiger charge is 2.40. The van der Waals surface area contributed by atoms with Crippen molar-refractivity contribution in [2.75, 3.05) is 33.4 Å². The van der Waals surface area contributed by atoms with Gasteiger partial charge < -0.3 is 24.6 Å². The number of hydrogen-bond acceptors (Lipinski definition) is 8. The lowest BCUT2D eigenvalue weighted by atomic mass is 9.98. The molecule has 222 valence electrons. The van der Waals surface area contributed by atoms with E-state index in [2.05, 4.69) is 20.3 Å². The summed E-state index contributed by atoms with van der Waals surface area (Å²) >= 11 is 6.48. The van der Waals surface area contributed by atoms with Gasteiger partial charge in [-0.1, -0.05) is 55.3 Å². The molecule has 0 spiro atoms. The zero-order valence-electron chi connectivity index (χ0n) is 24.0. The molecule has 11 nitrogen and oxygen atoms in total. The number of amides is 3. The first-order chi connectivity index (χ1) is 20.3. The van der Waals surface area contributed by atoms with Crippen LogP contribution < -0.4 is 5.32 Å². The summed E-state index contributed by atoms with van der Waals surface area (Å²) in [6.45, 7) is 4.84. The molecule has 3 aromatic rings. The van der Waals surface area contributed by atoms with E-state index in [9.17, 15) is 14.4 Å². The van der Waals surface area contributed by atoms with Crippen LogP contribution in [-0.4, -0.2) is 82.1 Å². The molecule has 0 bridgehead atoms. The number of unbranched alkanes of at least 4 members (excludes halogenated alkanes) is 1. The first kappa shape index (κ1) is 30.9. The molecule has 4 rings (SSSR count). The van der Waals surface area contributed by atoms with Crippen LogP contribution in [0, 0.1) is 0 Å². The molecule has 1 aliphatic rings. The molecule has 1 aliphatic heterocycles. The van der Waals surface area contributed by atoms with Gasteiger partial charge in [0.25, 0.3) is 5.91 Å². The largest absolute Gasteiger partial charge is 0.449 e. The summed E-state index contributed by atoms with van der Waals surface area (Å²) in [5, 5.41) is 2.71. The van der Waals surface area contributed by atoms with Gasteiger partial charge in [0.1, 0.15) is 17.2 Å². The van der Waals surface area contributed by atoms with Gasteiger partial charge in [0, 0.05) is 27.1 Å². The lowest BCUT2D eigenvalue weighted by molar-refractivity contribution is -0.140. The highest BCUT2D eigenvalue weighted by Crippen LogP contribution is 2.33. The highest BCUT2D eigenvalue weighted by atomic mass is 35.5. The first-order valence-electron chi connectivity index (χ1n) is 13.8. The summed E-state index contributed by atoms with van der Waals surface area (Å²) < 4.78 is 11.6. The van der Waals surface area contributed by atoms with Gasteiger partial charge in [0.15, 0.2) is 0 Å². The zero-order chi connectivity index (χ0) is 30.1. The van der Waals surface area contributed by atoms with Crippen molar-refractivity contribution in [1.29, 1.82) is 0 Å². The molecule has 3 heterocycles. The minimum Gasteiger partial charge on any atom is -0.449 e. The van der Waals surface area contributed by atoms with Crippen LogP contribution in [0.25, 0.3) is 11.4 Å². The number of benzene rings is 1. The summed E-state index contributed by atoms with van der Waals surface area (Å²) in [6, 6.07) is 13.7. The van der Waals surface area contributed by atoms with Crippen molar-refractivity contribution in [2.24, 2.45) is 0 Å². The smallest absolute Gasteiger partial charge is 0.409 e. The normalized spacial score (nSPS) is 16.7. The Hall–Kier alpha value is -4.09. The lowest BCUT2D eigenvalue weighted by Crippen LogP contribution is -2.59. The van der Waals surface area contributed by atoms with Crippen molar-refractivity contribution in [3.05, 3.63) is 76.8 Å². The molecule has 12 heteroatoms. The molecule has 3 amide bonds. The van der Waals surface area contributed by atoms with Crippen LogP contribution in [0.2, 0.25) is 5.15 Å². The molecule has 2 unspecified atom stereocenters. The summed E-state index contributed by atoms with van der Waals surface area (Å²) in [5.41, 5.74) is 2.61. The predicted molar refractivity (Wildman–Crippen MR) is 157 cm³/mol. The number of aromatic nitrogens is 3. The van der Waals surface area contributed by atoms with Crippen LogP contribution in [0.5, 0.6) is 0 Å². The molecule has 1 fully saturated rings. The average molecular weight is 595 g/mol. The van der Waals surface area contributed by atoms with Crippen molar-refractivity contribution in [1.82, 2.24) is 30.1 Å². The van der Waals surface area contributed by atoms with Crippen LogP contribution in [0.4, 0.5) is 4.79 Å². The number of nitrogens with zero attached hydrogens (tertiary/aromatic N) is 5. The van der Waals surface area contributed by atoms with Crippen LogP contribution >= 0.6 is 11.6 Å². The number of ether oxygens (including phenoxy) is 2. The number of piperazine rings is 1. The number of hydrogen-bond donors (Lipinski definition) is 1. The third-order valence-electron chi connectivity index (χ3n) is 6.91. The van der Waals surface area contributed by atoms with E-state index >= 15 is 0 Å². The van der Waals surface area contributed by atoms with E-state index < -0.39 is 18.2 Å². The van der Waals surface area contributed by atoms with E-state index in [1.165, 1.54) is 26.4 Å². The monoisotopic (exact) mass is 594 g/mol. The van der Waals surface area contributed by atoms with Gasteiger partial charge in [0.05, 0.1) is 43.3 Å². The number of halogens is 1. The molecule has 1 N–H and O–H groups in total. The Kier molecular flexibility index (Phi) is 10.8. The van der Waals surface area contributed by atoms with Gasteiger partial charge in [-0.2, -0.15) is 0 Å². The molecule has 1 saturated heterocycles. The van der Waals surface area contributed by atoms with E-state index in [-0.39, 0.29) is 42.4 Å². The third kappa shape index (κ3) is 7.80. The van der Waals surface area contributed by atoms with E-state index in [0.717, 1.165) is 18.4 Å². The van der Waals surface area contributed by atoms with Gasteiger partial charge in [-0.25, -0.2) is 19.7 Å². The summed E-state index contributed by atoms with van der Waals surface area (Å²) in [7, 11) is 1.51. The second-order valence-electron chi connectivity index (χ2n) is 9.95. The second-order valence-corrected chi connectivity index (χ2v) is 10.3. The molecule has 0 aliphatic carbocycles. The second kappa shape index (κ2) is 14.7. The van der Waals surface area contributed by atoms with Crippen LogP contribution in [0.3, 0.4) is 0 Å². The fourth-order valence-electron chi connectivity index (χ4n) is 4.86. The van der Waals surface area contributed by atoms with Crippen LogP contribution in [0.1, 0.15) is 54.3 Å². The number of nitrogens with one attached hydrogen (secondary N) is 1. The van der Waals surface area contributed by atoms with E-state index in [1.54, 1.807) is 21.9 Å². The Labute approximate surface area is 250 Å². The van der Waals surface area contributed by atoms with Gasteiger partial charge in [-0.3, -0.25) is 9.59 Å². The quantitative estimate of drug-likeness (QED) is 0.272. The number of pyridine rings is 1. The van der Waals surface area contributed by atoms with E-state index in [4.69, 9.17) is 21.1 Å². The van der Waals surface area contributed by atoms with Crippen LogP contribution in [0.15, 0.2) is 54.9 Å². The summed E-state index contributed by atoms with van der Waals surface area (Å²) in [5.74, 6) is -0.544. The Bertz CT molecular complexity index is 1390. The van der Waals surface area contributed by atoms with Gasteiger partial charge in [-0.15, -0.1) is 0 Å². The summed E-state index contributed by atoms with van der Waals surface area (Å²) in [6.07, 6.45) is 2.48. The first-order valence-corrected chi connectivity index (χ1v) is 14.2. The fourth-order valence-corrected chi connectivity index (χ4v) is 5.08. The van der Waals surface area contributed by atoms with E-state index in [0.29, 0.717) is 30.2 Å². The standard InChI is InChI=1S/C30H35ClN6O5/c1-4-5-11-42-30(40)36-15-23(18-41-17-21-9-7-6-8-10-21)37(20(2)38)27(16-36)22-12-25(35-28(31)13-22)24-14-26(29(39)32-3)34-19-33-24/h6-10,12-14,19,23,27H,4-5,11,15-18H2,1-3H3,(H,32,39). The Balaban J connectivity index is 1.67. The molecular weight excluding hydrogens is 560 g/mol. The molecule has 2 aromatic heterocycles. The molecule has 0 radical (unpaired) electrons. The Morgan fingerprint density at radius 3 is 2.57 bits per heavy atom. The fraction of sp³-hybridized carbons (Fsp3) is 0.400. The zero-order valence-corrected chi connectivity index (χ0v) is 24.7. The predicted octanol–water partition coefficient (Wildman–Crippen LogP) is 4.28. The SMILES string of the molecule is CCCCOC(=O)N1CC(COCc2ccccc2)N(C(C)=O)C(c2cc(Cl)nc(-c3cc(C(=O)NC)ncn3)c2)C1. The average Bonchev–Trinajstić information content (AvgIpc) is 3.00. The summed E-state index contributed by atoms with van der Waals surface area (Å²) in [4.78, 5) is 54.4. The van der Waals surface area contributed by atoms with Crippen LogP contribution in [-0.2, 0) is 20.9 Å². The Morgan fingerprint density at radius 1 is 1.07 bits per heavy atom. The van der Waals surface area contributed by atoms with Gasteiger partial charge >= 0.3 is 6.09 Å². The number of carbonyl (C=O) groups is 3. The number of rotatable bonds is 10. The maximum absolute atomic E-state index is 13.1. The molecule has 42 heavy (non-hydrogen) atoms.